The number of hydrogen-bond acceptors (Lipinski definition) is 4. The van der Waals surface area contributed by atoms with Crippen LogP contribution in [0.3, 0.4) is 0 Å². The summed E-state index contributed by atoms with van der Waals surface area (Å²) in [5, 5.41) is 8.79. The smallest absolute Gasteiger partial charge is 0.261 e. The first-order chi connectivity index (χ1) is 13.6. The fourth-order valence-corrected chi connectivity index (χ4v) is 5.08. The molecule has 1 fully saturated rings. The number of amides is 1. The number of thiophene rings is 1. The second kappa shape index (κ2) is 8.45. The molecule has 1 saturated heterocycles. The molecule has 0 bridgehead atoms. The Morgan fingerprint density at radius 2 is 2.14 bits per heavy atom. The van der Waals surface area contributed by atoms with Crippen LogP contribution in [0.2, 0.25) is 0 Å². The molecular weight excluding hydrogens is 368 g/mol. The fourth-order valence-electron chi connectivity index (χ4n) is 3.98. The number of fused-ring (bicyclic) bond motifs is 1. The zero-order valence-corrected chi connectivity index (χ0v) is 17.5. The Morgan fingerprint density at radius 1 is 1.32 bits per heavy atom. The lowest BCUT2D eigenvalue weighted by molar-refractivity contribution is 0.0954. The third kappa shape index (κ3) is 4.13. The first kappa shape index (κ1) is 19.2. The number of piperidine rings is 1. The van der Waals surface area contributed by atoms with E-state index in [1.54, 1.807) is 0 Å². The first-order valence-corrected chi connectivity index (χ1v) is 11.0. The van der Waals surface area contributed by atoms with Gasteiger partial charge in [-0.15, -0.1) is 11.3 Å². The number of nitrogens with one attached hydrogen (secondary N) is 1. The van der Waals surface area contributed by atoms with Gasteiger partial charge in [0, 0.05) is 18.5 Å². The summed E-state index contributed by atoms with van der Waals surface area (Å²) in [6.45, 7) is 8.51. The molecule has 0 radical (unpaired) electrons. The van der Waals surface area contributed by atoms with E-state index in [4.69, 9.17) is 0 Å². The summed E-state index contributed by atoms with van der Waals surface area (Å²) in [5.41, 5.74) is 1.97. The molecular formula is C22H28N4OS. The van der Waals surface area contributed by atoms with Gasteiger partial charge in [-0.2, -0.15) is 5.10 Å². The van der Waals surface area contributed by atoms with Crippen LogP contribution in [0.5, 0.6) is 0 Å². The number of aromatic nitrogens is 2. The number of rotatable bonds is 6. The van der Waals surface area contributed by atoms with Gasteiger partial charge in [-0.05, 0) is 63.4 Å². The maximum absolute atomic E-state index is 12.6. The van der Waals surface area contributed by atoms with Crippen molar-refractivity contribution in [2.45, 2.75) is 33.1 Å². The number of likely N-dealkylation sites (tertiary alicyclic amines) is 1. The lowest BCUT2D eigenvalue weighted by Crippen LogP contribution is -2.36. The van der Waals surface area contributed by atoms with E-state index < -0.39 is 0 Å². The predicted octanol–water partition coefficient (Wildman–Crippen LogP) is 4.25. The van der Waals surface area contributed by atoms with E-state index in [0.29, 0.717) is 0 Å². The van der Waals surface area contributed by atoms with Crippen molar-refractivity contribution in [2.75, 3.05) is 26.2 Å². The Bertz CT molecular complexity index is 946. The minimum Gasteiger partial charge on any atom is -0.351 e. The van der Waals surface area contributed by atoms with E-state index in [2.05, 4.69) is 22.2 Å². The maximum atomic E-state index is 12.6. The molecule has 3 heterocycles. The molecule has 1 aromatic carbocycles. The van der Waals surface area contributed by atoms with Crippen LogP contribution in [0, 0.1) is 12.8 Å². The Morgan fingerprint density at radius 3 is 2.93 bits per heavy atom. The van der Waals surface area contributed by atoms with Crippen molar-refractivity contribution in [2.24, 2.45) is 5.92 Å². The Kier molecular flexibility index (Phi) is 5.78. The molecule has 0 saturated carbocycles. The van der Waals surface area contributed by atoms with Gasteiger partial charge in [0.05, 0.1) is 16.3 Å². The summed E-state index contributed by atoms with van der Waals surface area (Å²) < 4.78 is 1.93. The molecule has 2 aromatic heterocycles. The Balaban J connectivity index is 1.38. The lowest BCUT2D eigenvalue weighted by atomic mass is 10.0. The van der Waals surface area contributed by atoms with Crippen LogP contribution in [0.4, 0.5) is 0 Å². The summed E-state index contributed by atoms with van der Waals surface area (Å²) in [6.07, 6.45) is 3.65. The summed E-state index contributed by atoms with van der Waals surface area (Å²) >= 11 is 1.51. The van der Waals surface area contributed by atoms with Gasteiger partial charge in [0.15, 0.2) is 0 Å². The molecule has 148 valence electrons. The summed E-state index contributed by atoms with van der Waals surface area (Å²) in [7, 11) is 0. The van der Waals surface area contributed by atoms with Crippen molar-refractivity contribution in [1.82, 2.24) is 20.0 Å². The van der Waals surface area contributed by atoms with Gasteiger partial charge in [0.25, 0.3) is 5.91 Å². The minimum atomic E-state index is 0.0206. The summed E-state index contributed by atoms with van der Waals surface area (Å²) in [6, 6.07) is 12.0. The molecule has 5 nitrogen and oxygen atoms in total. The predicted molar refractivity (Wildman–Crippen MR) is 115 cm³/mol. The standard InChI is InChI=1S/C22H28N4OS/c1-16-8-6-12-25(15-16)13-7-11-23-21(27)20-14-19-17(2)24-26(22(19)28-20)18-9-4-3-5-10-18/h3-5,9-10,14,16H,6-8,11-13,15H2,1-2H3,(H,23,27). The lowest BCUT2D eigenvalue weighted by Gasteiger charge is -2.30. The SMILES string of the molecule is Cc1nn(-c2ccccc2)c2sc(C(=O)NCCCN3CCCC(C)C3)cc12. The van der Waals surface area contributed by atoms with Crippen molar-refractivity contribution in [1.29, 1.82) is 0 Å². The third-order valence-corrected chi connectivity index (χ3v) is 6.56. The zero-order valence-electron chi connectivity index (χ0n) is 16.6. The highest BCUT2D eigenvalue weighted by atomic mass is 32.1. The molecule has 0 aliphatic carbocycles. The highest BCUT2D eigenvalue weighted by Crippen LogP contribution is 2.30. The summed E-state index contributed by atoms with van der Waals surface area (Å²) in [5.74, 6) is 0.821. The average Bonchev–Trinajstić information content (AvgIpc) is 3.27. The van der Waals surface area contributed by atoms with Crippen molar-refractivity contribution in [3.8, 4) is 5.69 Å². The number of aryl methyl sites for hydroxylation is 1. The van der Waals surface area contributed by atoms with E-state index in [1.807, 2.05) is 48.0 Å². The average molecular weight is 397 g/mol. The molecule has 1 atom stereocenters. The van der Waals surface area contributed by atoms with E-state index in [9.17, 15) is 4.79 Å². The number of carbonyl (C=O) groups excluding carboxylic acids is 1. The number of hydrogen-bond donors (Lipinski definition) is 1. The zero-order chi connectivity index (χ0) is 19.5. The normalized spacial score (nSPS) is 17.9. The summed E-state index contributed by atoms with van der Waals surface area (Å²) in [4.78, 5) is 16.9. The van der Waals surface area contributed by atoms with Crippen molar-refractivity contribution in [3.05, 3.63) is 47.0 Å². The number of carbonyl (C=O) groups is 1. The van der Waals surface area contributed by atoms with Gasteiger partial charge in [0.2, 0.25) is 0 Å². The molecule has 0 spiro atoms. The van der Waals surface area contributed by atoms with Crippen LogP contribution >= 0.6 is 11.3 Å². The quantitative estimate of drug-likeness (QED) is 0.634. The highest BCUT2D eigenvalue weighted by Gasteiger charge is 2.18. The fraction of sp³-hybridized carbons (Fsp3) is 0.455. The second-order valence-corrected chi connectivity index (χ2v) is 8.85. The number of benzene rings is 1. The van der Waals surface area contributed by atoms with Crippen LogP contribution in [-0.2, 0) is 0 Å². The maximum Gasteiger partial charge on any atom is 0.261 e. The van der Waals surface area contributed by atoms with Crippen molar-refractivity contribution in [3.63, 3.8) is 0 Å². The first-order valence-electron chi connectivity index (χ1n) is 10.2. The van der Waals surface area contributed by atoms with E-state index in [1.165, 1.54) is 37.3 Å². The van der Waals surface area contributed by atoms with Crippen LogP contribution in [0.25, 0.3) is 15.9 Å². The Hall–Kier alpha value is -2.18. The molecule has 4 rings (SSSR count). The third-order valence-electron chi connectivity index (χ3n) is 5.45. The molecule has 28 heavy (non-hydrogen) atoms. The monoisotopic (exact) mass is 396 g/mol. The van der Waals surface area contributed by atoms with Gasteiger partial charge in [-0.3, -0.25) is 4.79 Å². The van der Waals surface area contributed by atoms with Gasteiger partial charge in [-0.25, -0.2) is 4.68 Å². The van der Waals surface area contributed by atoms with Crippen LogP contribution in [-0.4, -0.2) is 46.8 Å². The molecule has 3 aromatic rings. The van der Waals surface area contributed by atoms with Crippen molar-refractivity contribution >= 4 is 27.5 Å². The van der Waals surface area contributed by atoms with E-state index in [-0.39, 0.29) is 5.91 Å². The van der Waals surface area contributed by atoms with Crippen LogP contribution in [0.1, 0.15) is 41.6 Å². The van der Waals surface area contributed by atoms with Gasteiger partial charge < -0.3 is 10.2 Å². The highest BCUT2D eigenvalue weighted by molar-refractivity contribution is 7.20. The largest absolute Gasteiger partial charge is 0.351 e. The van der Waals surface area contributed by atoms with E-state index in [0.717, 1.165) is 51.9 Å². The van der Waals surface area contributed by atoms with E-state index >= 15 is 0 Å². The van der Waals surface area contributed by atoms with Crippen LogP contribution < -0.4 is 5.32 Å². The second-order valence-electron chi connectivity index (χ2n) is 7.82. The molecule has 1 amide bonds. The molecule has 1 aliphatic heterocycles. The molecule has 1 unspecified atom stereocenters. The topological polar surface area (TPSA) is 50.2 Å². The number of nitrogens with zero attached hydrogens (tertiary/aromatic N) is 3. The molecule has 1 N–H and O–H groups in total. The molecule has 6 heteroatoms. The van der Waals surface area contributed by atoms with Crippen molar-refractivity contribution < 1.29 is 4.79 Å². The Labute approximate surface area is 170 Å². The number of para-hydroxylation sites is 1. The van der Waals surface area contributed by atoms with Gasteiger partial charge >= 0.3 is 0 Å². The minimum absolute atomic E-state index is 0.0206. The molecule has 1 aliphatic rings. The van der Waals surface area contributed by atoms with Crippen LogP contribution in [0.15, 0.2) is 36.4 Å². The van der Waals surface area contributed by atoms with Gasteiger partial charge in [-0.1, -0.05) is 25.1 Å². The van der Waals surface area contributed by atoms with Gasteiger partial charge in [0.1, 0.15) is 4.83 Å².